The minimum atomic E-state index is 0.351. The van der Waals surface area contributed by atoms with Crippen molar-refractivity contribution in [3.63, 3.8) is 0 Å². The van der Waals surface area contributed by atoms with E-state index in [9.17, 15) is 0 Å². The molecule has 4 heteroatoms. The monoisotopic (exact) mass is 560 g/mol. The molecule has 0 aliphatic heterocycles. The molecule has 8 aromatic rings. The maximum Gasteiger partial charge on any atom is 0.149 e. The van der Waals surface area contributed by atoms with Crippen molar-refractivity contribution >= 4 is 43.9 Å². The molecule has 0 saturated carbocycles. The molecule has 0 N–H and O–H groups in total. The van der Waals surface area contributed by atoms with Gasteiger partial charge in [0.1, 0.15) is 28.8 Å². The molecule has 8 rings (SSSR count). The summed E-state index contributed by atoms with van der Waals surface area (Å²) >= 11 is 0. The van der Waals surface area contributed by atoms with Gasteiger partial charge < -0.3 is 8.83 Å². The van der Waals surface area contributed by atoms with Gasteiger partial charge in [0, 0.05) is 16.2 Å². The van der Waals surface area contributed by atoms with Gasteiger partial charge in [0.2, 0.25) is 0 Å². The number of nitrogens with zero attached hydrogens (tertiary/aromatic N) is 2. The zero-order chi connectivity index (χ0) is 29.2. The van der Waals surface area contributed by atoms with E-state index in [0.717, 1.165) is 66.5 Å². The second-order valence-electron chi connectivity index (χ2n) is 12.0. The van der Waals surface area contributed by atoms with Crippen LogP contribution in [0.3, 0.4) is 0 Å². The molecule has 0 unspecified atom stereocenters. The summed E-state index contributed by atoms with van der Waals surface area (Å²) in [6, 6.07) is 36.2. The lowest BCUT2D eigenvalue weighted by molar-refractivity contribution is 0.616. The lowest BCUT2D eigenvalue weighted by atomic mass is 9.92. The Kier molecular flexibility index (Phi) is 5.80. The van der Waals surface area contributed by atoms with Crippen molar-refractivity contribution in [2.45, 2.75) is 39.5 Å². The average molecular weight is 561 g/mol. The largest absolute Gasteiger partial charge is 0.464 e. The van der Waals surface area contributed by atoms with Gasteiger partial charge in [-0.1, -0.05) is 88.4 Å². The van der Waals surface area contributed by atoms with Crippen molar-refractivity contribution in [2.75, 3.05) is 0 Å². The minimum absolute atomic E-state index is 0.351. The van der Waals surface area contributed by atoms with Gasteiger partial charge in [-0.15, -0.1) is 0 Å². The minimum Gasteiger partial charge on any atom is -0.464 e. The summed E-state index contributed by atoms with van der Waals surface area (Å²) < 4.78 is 14.6. The normalized spacial score (nSPS) is 12.1. The third kappa shape index (κ3) is 4.01. The fraction of sp³-hybridized carbons (Fsp3) is 0.154. The first-order valence-electron chi connectivity index (χ1n) is 15.0. The van der Waals surface area contributed by atoms with E-state index in [1.165, 1.54) is 16.8 Å². The second-order valence-corrected chi connectivity index (χ2v) is 12.0. The van der Waals surface area contributed by atoms with E-state index >= 15 is 0 Å². The van der Waals surface area contributed by atoms with E-state index in [1.54, 1.807) is 0 Å². The fourth-order valence-corrected chi connectivity index (χ4v) is 6.49. The van der Waals surface area contributed by atoms with E-state index in [1.807, 2.05) is 18.4 Å². The smallest absolute Gasteiger partial charge is 0.149 e. The number of hydrogen-bond donors (Lipinski definition) is 0. The first-order valence-corrected chi connectivity index (χ1v) is 15.0. The number of para-hydroxylation sites is 4. The molecule has 210 valence electrons. The molecule has 0 bridgehead atoms. The molecule has 0 aliphatic carbocycles. The van der Waals surface area contributed by atoms with E-state index < -0.39 is 0 Å². The average Bonchev–Trinajstić information content (AvgIpc) is 3.72. The number of imidazole rings is 1. The predicted molar refractivity (Wildman–Crippen MR) is 177 cm³/mol. The Morgan fingerprint density at radius 1 is 0.605 bits per heavy atom. The molecule has 0 saturated heterocycles. The Morgan fingerprint density at radius 2 is 1.26 bits per heavy atom. The van der Waals surface area contributed by atoms with E-state index in [0.29, 0.717) is 11.8 Å². The molecule has 0 fully saturated rings. The Balaban J connectivity index is 1.37. The van der Waals surface area contributed by atoms with Crippen molar-refractivity contribution in [1.29, 1.82) is 0 Å². The summed E-state index contributed by atoms with van der Waals surface area (Å²) in [5.74, 6) is 1.59. The van der Waals surface area contributed by atoms with Crippen LogP contribution in [0.15, 0.2) is 118 Å². The molecule has 3 aromatic heterocycles. The highest BCUT2D eigenvalue weighted by Crippen LogP contribution is 2.41. The van der Waals surface area contributed by atoms with Crippen LogP contribution in [-0.2, 0) is 0 Å². The van der Waals surface area contributed by atoms with Gasteiger partial charge in [-0.05, 0) is 76.6 Å². The van der Waals surface area contributed by atoms with Gasteiger partial charge >= 0.3 is 0 Å². The van der Waals surface area contributed by atoms with Gasteiger partial charge in [0.25, 0.3) is 0 Å². The van der Waals surface area contributed by atoms with Crippen molar-refractivity contribution < 1.29 is 8.83 Å². The van der Waals surface area contributed by atoms with Crippen molar-refractivity contribution in [3.8, 4) is 28.2 Å². The lowest BCUT2D eigenvalue weighted by Gasteiger charge is -2.22. The number of hydrogen-bond acceptors (Lipinski definition) is 3. The summed E-state index contributed by atoms with van der Waals surface area (Å²) in [6.07, 6.45) is 1.87. The van der Waals surface area contributed by atoms with E-state index in [2.05, 4.69) is 123 Å². The molecule has 43 heavy (non-hydrogen) atoms. The molecular weight excluding hydrogens is 528 g/mol. The molecule has 0 radical (unpaired) electrons. The first-order chi connectivity index (χ1) is 21.0. The van der Waals surface area contributed by atoms with Gasteiger partial charge in [-0.25, -0.2) is 4.98 Å². The van der Waals surface area contributed by atoms with Crippen LogP contribution in [0.2, 0.25) is 0 Å². The zero-order valence-electron chi connectivity index (χ0n) is 24.8. The molecular formula is C39H32N2O2. The van der Waals surface area contributed by atoms with Crippen LogP contribution >= 0.6 is 0 Å². The third-order valence-corrected chi connectivity index (χ3v) is 8.65. The van der Waals surface area contributed by atoms with Crippen LogP contribution in [0.4, 0.5) is 0 Å². The Hall–Kier alpha value is -5.09. The van der Waals surface area contributed by atoms with Gasteiger partial charge in [-0.2, -0.15) is 0 Å². The molecule has 0 atom stereocenters. The summed E-state index contributed by atoms with van der Waals surface area (Å²) in [7, 11) is 0. The number of benzene rings is 5. The van der Waals surface area contributed by atoms with Gasteiger partial charge in [0.15, 0.2) is 0 Å². The summed E-state index contributed by atoms with van der Waals surface area (Å²) in [5, 5.41) is 3.29. The second kappa shape index (κ2) is 9.74. The van der Waals surface area contributed by atoms with Crippen LogP contribution in [0, 0.1) is 0 Å². The first kappa shape index (κ1) is 25.6. The molecule has 0 amide bonds. The van der Waals surface area contributed by atoms with Crippen LogP contribution in [0.5, 0.6) is 0 Å². The summed E-state index contributed by atoms with van der Waals surface area (Å²) in [4.78, 5) is 5.24. The maximum atomic E-state index is 6.18. The number of furan rings is 2. The van der Waals surface area contributed by atoms with Gasteiger partial charge in [0.05, 0.1) is 22.3 Å². The highest BCUT2D eigenvalue weighted by atomic mass is 16.3. The molecule has 3 heterocycles. The van der Waals surface area contributed by atoms with Crippen molar-refractivity contribution in [1.82, 2.24) is 9.55 Å². The maximum absolute atomic E-state index is 6.18. The zero-order valence-corrected chi connectivity index (χ0v) is 24.8. The predicted octanol–water partition coefficient (Wildman–Crippen LogP) is 11.3. The van der Waals surface area contributed by atoms with E-state index in [-0.39, 0.29) is 0 Å². The van der Waals surface area contributed by atoms with Crippen LogP contribution in [0.1, 0.15) is 50.7 Å². The quantitative estimate of drug-likeness (QED) is 0.210. The van der Waals surface area contributed by atoms with Crippen LogP contribution in [0.25, 0.3) is 72.1 Å². The lowest BCUT2D eigenvalue weighted by Crippen LogP contribution is -2.08. The molecule has 5 aromatic carbocycles. The van der Waals surface area contributed by atoms with Crippen LogP contribution < -0.4 is 0 Å². The topological polar surface area (TPSA) is 44.1 Å². The third-order valence-electron chi connectivity index (χ3n) is 8.65. The number of fused-ring (bicyclic) bond motifs is 5. The SMILES string of the molecule is CC(C)c1cccc(C(C)C)c1-n1c(-c2coc3ccc(-c4ccc5oc6ccccc6c5c4)cc23)nc2ccccc21. The van der Waals surface area contributed by atoms with E-state index in [4.69, 9.17) is 13.8 Å². The van der Waals surface area contributed by atoms with Crippen LogP contribution in [-0.4, -0.2) is 9.55 Å². The number of rotatable bonds is 5. The summed E-state index contributed by atoms with van der Waals surface area (Å²) in [6.45, 7) is 9.06. The fourth-order valence-electron chi connectivity index (χ4n) is 6.49. The highest BCUT2D eigenvalue weighted by Gasteiger charge is 2.24. The molecule has 4 nitrogen and oxygen atoms in total. The molecule has 0 spiro atoms. The Morgan fingerprint density at radius 3 is 2.02 bits per heavy atom. The number of aromatic nitrogens is 2. The van der Waals surface area contributed by atoms with Crippen molar-refractivity contribution in [2.24, 2.45) is 0 Å². The Bertz CT molecular complexity index is 2290. The highest BCUT2D eigenvalue weighted by molar-refractivity contribution is 6.06. The van der Waals surface area contributed by atoms with Gasteiger partial charge in [-0.3, -0.25) is 4.57 Å². The Labute approximate surface area is 250 Å². The van der Waals surface area contributed by atoms with Crippen molar-refractivity contribution in [3.05, 3.63) is 121 Å². The summed E-state index contributed by atoms with van der Waals surface area (Å²) in [5.41, 5.74) is 11.8. The molecule has 0 aliphatic rings. The standard InChI is InChI=1S/C39H32N2O2/c1-23(2)27-11-9-12-28(24(3)4)38(27)41-34-14-7-6-13-33(34)40-39(41)32-22-42-35-18-16-25(21-31(32)35)26-17-19-37-30(20-26)29-10-5-8-15-36(29)43-37/h5-24H,1-4H3.